The smallest absolute Gasteiger partial charge is 0.247 e. The maximum Gasteiger partial charge on any atom is 0.257 e. The molecule has 3 heteroatoms. The van der Waals surface area contributed by atoms with E-state index in [1.807, 2.05) is 0 Å². The van der Waals surface area contributed by atoms with Gasteiger partial charge in [-0.25, -0.2) is 13.2 Å². The van der Waals surface area contributed by atoms with E-state index in [4.69, 9.17) is 0 Å². The van der Waals surface area contributed by atoms with E-state index in [1.165, 1.54) is 6.08 Å². The van der Waals surface area contributed by atoms with E-state index in [0.717, 1.165) is 12.2 Å². The summed E-state index contributed by atoms with van der Waals surface area (Å²) < 4.78 is 33.7. The average Bonchev–Trinajstić information content (AvgIpc) is 1.80. The highest BCUT2D eigenvalue weighted by Gasteiger charge is 1.88. The Bertz CT molecular complexity index is 105. The van der Waals surface area contributed by atoms with Gasteiger partial charge < -0.3 is 0 Å². The largest absolute Gasteiger partial charge is 0.257 e. The van der Waals surface area contributed by atoms with Crippen molar-refractivity contribution in [3.63, 3.8) is 0 Å². The Hall–Kier alpha value is -0.730. The Balaban J connectivity index is 3.35. The second kappa shape index (κ2) is 5.41. The van der Waals surface area contributed by atoms with E-state index in [-0.39, 0.29) is 0 Å². The van der Waals surface area contributed by atoms with Crippen molar-refractivity contribution in [2.75, 3.05) is 6.67 Å². The normalized spacial score (nSPS) is 12.4. The van der Waals surface area contributed by atoms with Gasteiger partial charge in [-0.2, -0.15) is 0 Å². The predicted octanol–water partition coefficient (Wildman–Crippen LogP) is 2.33. The van der Waals surface area contributed by atoms with Crippen LogP contribution in [0.15, 0.2) is 24.3 Å². The molecule has 0 saturated heterocycles. The molecule has 0 atom stereocenters. The minimum atomic E-state index is -2.45. The third kappa shape index (κ3) is 7.27. The first-order valence-electron chi connectivity index (χ1n) is 2.45. The molecule has 0 spiro atoms. The Morgan fingerprint density at radius 2 is 1.89 bits per heavy atom. The second-order valence-corrected chi connectivity index (χ2v) is 1.30. The van der Waals surface area contributed by atoms with E-state index < -0.39 is 13.1 Å². The quantitative estimate of drug-likeness (QED) is 0.522. The standard InChI is InChI=1S/C6H7F3/c7-5-3-1-2-4-6(8)9/h1-4,6H,5H2. The van der Waals surface area contributed by atoms with Crippen LogP contribution in [0, 0.1) is 0 Å². The molecule has 0 heterocycles. The van der Waals surface area contributed by atoms with E-state index in [2.05, 4.69) is 0 Å². The van der Waals surface area contributed by atoms with Gasteiger partial charge in [0.2, 0.25) is 0 Å². The summed E-state index contributed by atoms with van der Waals surface area (Å²) in [4.78, 5) is 0. The summed E-state index contributed by atoms with van der Waals surface area (Å²) in [6.45, 7) is -0.617. The number of alkyl halides is 3. The zero-order valence-electron chi connectivity index (χ0n) is 4.73. The molecule has 0 amide bonds. The molecule has 9 heavy (non-hydrogen) atoms. The Morgan fingerprint density at radius 1 is 1.22 bits per heavy atom. The highest BCUT2D eigenvalue weighted by Crippen LogP contribution is 1.92. The molecular weight excluding hydrogens is 129 g/mol. The Kier molecular flexibility index (Phi) is 4.97. The third-order valence-electron chi connectivity index (χ3n) is 0.593. The fourth-order valence-electron chi connectivity index (χ4n) is 0.278. The van der Waals surface area contributed by atoms with Crippen molar-refractivity contribution in [2.45, 2.75) is 6.43 Å². The lowest BCUT2D eigenvalue weighted by atomic mass is 10.4. The summed E-state index contributed by atoms with van der Waals surface area (Å²) >= 11 is 0. The fourth-order valence-corrected chi connectivity index (χ4v) is 0.278. The van der Waals surface area contributed by atoms with E-state index in [9.17, 15) is 13.2 Å². The van der Waals surface area contributed by atoms with Crippen LogP contribution in [0.3, 0.4) is 0 Å². The molecule has 0 saturated carbocycles. The van der Waals surface area contributed by atoms with Crippen molar-refractivity contribution in [1.82, 2.24) is 0 Å². The zero-order valence-corrected chi connectivity index (χ0v) is 4.73. The Morgan fingerprint density at radius 3 is 2.33 bits per heavy atom. The van der Waals surface area contributed by atoms with E-state index in [0.29, 0.717) is 6.08 Å². The molecule has 0 bridgehead atoms. The predicted molar refractivity (Wildman–Crippen MR) is 30.3 cm³/mol. The molecule has 0 rings (SSSR count). The van der Waals surface area contributed by atoms with Crippen molar-refractivity contribution >= 4 is 0 Å². The molecule has 0 nitrogen and oxygen atoms in total. The molecule has 0 aromatic heterocycles. The van der Waals surface area contributed by atoms with Gasteiger partial charge in [-0.1, -0.05) is 18.2 Å². The SMILES string of the molecule is FCC=CC=CC(F)F. The second-order valence-electron chi connectivity index (χ2n) is 1.30. The van der Waals surface area contributed by atoms with Crippen LogP contribution >= 0.6 is 0 Å². The number of hydrogen-bond acceptors (Lipinski definition) is 0. The van der Waals surface area contributed by atoms with Crippen LogP contribution in [0.25, 0.3) is 0 Å². The molecule has 0 aliphatic rings. The van der Waals surface area contributed by atoms with Crippen LogP contribution in [0.1, 0.15) is 0 Å². The summed E-state index contributed by atoms with van der Waals surface area (Å²) in [5.41, 5.74) is 0. The first-order chi connectivity index (χ1) is 4.27. The molecule has 0 radical (unpaired) electrons. The fraction of sp³-hybridized carbons (Fsp3) is 0.333. The number of halogens is 3. The summed E-state index contributed by atoms with van der Waals surface area (Å²) in [6.07, 6.45) is 1.75. The van der Waals surface area contributed by atoms with Gasteiger partial charge in [-0.05, 0) is 6.08 Å². The molecule has 0 aliphatic carbocycles. The molecule has 0 N–H and O–H groups in total. The van der Waals surface area contributed by atoms with Crippen LogP contribution in [0.4, 0.5) is 13.2 Å². The van der Waals surface area contributed by atoms with Crippen molar-refractivity contribution in [3.05, 3.63) is 24.3 Å². The molecule has 0 aromatic carbocycles. The van der Waals surface area contributed by atoms with E-state index in [1.54, 1.807) is 0 Å². The molecule has 0 aliphatic heterocycles. The van der Waals surface area contributed by atoms with Gasteiger partial charge in [0.25, 0.3) is 6.43 Å². The summed E-state index contributed by atoms with van der Waals surface area (Å²) in [7, 11) is 0. The maximum atomic E-state index is 11.2. The van der Waals surface area contributed by atoms with Crippen molar-refractivity contribution in [1.29, 1.82) is 0 Å². The van der Waals surface area contributed by atoms with Gasteiger partial charge in [-0.15, -0.1) is 0 Å². The first-order valence-corrected chi connectivity index (χ1v) is 2.45. The highest BCUT2D eigenvalue weighted by molar-refractivity contribution is 5.03. The van der Waals surface area contributed by atoms with Crippen molar-refractivity contribution < 1.29 is 13.2 Å². The van der Waals surface area contributed by atoms with Crippen molar-refractivity contribution in [2.24, 2.45) is 0 Å². The van der Waals surface area contributed by atoms with Crippen LogP contribution in [0.2, 0.25) is 0 Å². The van der Waals surface area contributed by atoms with Gasteiger partial charge in [0.15, 0.2) is 0 Å². The van der Waals surface area contributed by atoms with Crippen molar-refractivity contribution in [3.8, 4) is 0 Å². The summed E-state index contributed by atoms with van der Waals surface area (Å²) in [5, 5.41) is 0. The monoisotopic (exact) mass is 136 g/mol. The van der Waals surface area contributed by atoms with E-state index >= 15 is 0 Å². The average molecular weight is 136 g/mol. The van der Waals surface area contributed by atoms with Gasteiger partial charge in [0, 0.05) is 0 Å². The number of hydrogen-bond donors (Lipinski definition) is 0. The lowest BCUT2D eigenvalue weighted by molar-refractivity contribution is 0.204. The minimum Gasteiger partial charge on any atom is -0.247 e. The lowest BCUT2D eigenvalue weighted by Gasteiger charge is -1.80. The van der Waals surface area contributed by atoms with Gasteiger partial charge in [0.1, 0.15) is 6.67 Å². The molecule has 0 aromatic rings. The van der Waals surface area contributed by atoms with Gasteiger partial charge in [-0.3, -0.25) is 0 Å². The van der Waals surface area contributed by atoms with Crippen LogP contribution < -0.4 is 0 Å². The maximum absolute atomic E-state index is 11.2. The first kappa shape index (κ1) is 8.27. The minimum absolute atomic E-state index is 0.617. The number of rotatable bonds is 3. The van der Waals surface area contributed by atoms with Gasteiger partial charge >= 0.3 is 0 Å². The third-order valence-corrected chi connectivity index (χ3v) is 0.593. The topological polar surface area (TPSA) is 0 Å². The molecule has 0 fully saturated rings. The molecular formula is C6H7F3. The Labute approximate surface area is 51.7 Å². The van der Waals surface area contributed by atoms with Crippen LogP contribution in [0.5, 0.6) is 0 Å². The summed E-state index contributed by atoms with van der Waals surface area (Å²) in [6, 6.07) is 0. The number of allylic oxidation sites excluding steroid dienone is 4. The van der Waals surface area contributed by atoms with Gasteiger partial charge in [0.05, 0.1) is 0 Å². The lowest BCUT2D eigenvalue weighted by Crippen LogP contribution is -1.77. The molecule has 0 unspecified atom stereocenters. The summed E-state index contributed by atoms with van der Waals surface area (Å²) in [5.74, 6) is 0. The van der Waals surface area contributed by atoms with Crippen LogP contribution in [-0.2, 0) is 0 Å². The zero-order chi connectivity index (χ0) is 7.11. The van der Waals surface area contributed by atoms with Crippen LogP contribution in [-0.4, -0.2) is 13.1 Å². The highest BCUT2D eigenvalue weighted by atomic mass is 19.3. The molecule has 52 valence electrons.